The van der Waals surface area contributed by atoms with Crippen LogP contribution in [0.3, 0.4) is 0 Å². The predicted octanol–water partition coefficient (Wildman–Crippen LogP) is -0.839. The molecule has 2 rings (SSSR count). The summed E-state index contributed by atoms with van der Waals surface area (Å²) in [6.07, 6.45) is 0. The zero-order chi connectivity index (χ0) is 15.8. The molecular formula is C11H14N2O7S. The Kier molecular flexibility index (Phi) is 4.03. The number of rotatable bonds is 3. The number of nitrogens with zero attached hydrogens (tertiary/aromatic N) is 1. The molecular weight excluding hydrogens is 304 g/mol. The monoisotopic (exact) mass is 318 g/mol. The van der Waals surface area contributed by atoms with Crippen molar-refractivity contribution in [2.45, 2.75) is 17.9 Å². The number of hydrogen-bond acceptors (Lipinski definition) is 6. The van der Waals surface area contributed by atoms with Crippen LogP contribution in [0.5, 0.6) is 0 Å². The summed E-state index contributed by atoms with van der Waals surface area (Å²) in [5.41, 5.74) is 0. The van der Waals surface area contributed by atoms with Crippen LogP contribution in [0.2, 0.25) is 0 Å². The molecule has 0 radical (unpaired) electrons. The molecule has 1 amide bonds. The highest BCUT2D eigenvalue weighted by Crippen LogP contribution is 2.21. The molecule has 1 aromatic rings. The first-order chi connectivity index (χ1) is 9.71. The summed E-state index contributed by atoms with van der Waals surface area (Å²) < 4.78 is 32.8. The molecule has 1 unspecified atom stereocenters. The van der Waals surface area contributed by atoms with E-state index in [1.54, 1.807) is 0 Å². The minimum Gasteiger partial charge on any atom is -0.480 e. The van der Waals surface area contributed by atoms with Gasteiger partial charge in [0.1, 0.15) is 10.7 Å². The maximum absolute atomic E-state index is 12.3. The van der Waals surface area contributed by atoms with Crippen LogP contribution < -0.4 is 5.14 Å². The summed E-state index contributed by atoms with van der Waals surface area (Å²) >= 11 is 0. The van der Waals surface area contributed by atoms with E-state index in [1.165, 1.54) is 6.92 Å². The molecule has 1 aliphatic rings. The van der Waals surface area contributed by atoms with Crippen molar-refractivity contribution in [3.63, 3.8) is 0 Å². The lowest BCUT2D eigenvalue weighted by molar-refractivity contribution is -0.147. The fourth-order valence-electron chi connectivity index (χ4n) is 2.05. The van der Waals surface area contributed by atoms with Crippen LogP contribution in [0.25, 0.3) is 0 Å². The number of aliphatic carboxylic acids is 1. The number of carboxylic acid groups (broad SMARTS) is 1. The van der Waals surface area contributed by atoms with Crippen molar-refractivity contribution in [1.82, 2.24) is 4.90 Å². The average Bonchev–Trinajstić information content (AvgIpc) is 2.80. The van der Waals surface area contributed by atoms with Crippen molar-refractivity contribution in [2.24, 2.45) is 5.14 Å². The third-order valence-electron chi connectivity index (χ3n) is 3.06. The number of amides is 1. The number of hydrogen-bond donors (Lipinski definition) is 2. The number of nitrogens with two attached hydrogens (primary N) is 1. The number of morpholine rings is 1. The van der Waals surface area contributed by atoms with Crippen molar-refractivity contribution in [1.29, 1.82) is 0 Å². The molecule has 0 aliphatic carbocycles. The van der Waals surface area contributed by atoms with Gasteiger partial charge in [0, 0.05) is 12.6 Å². The first-order valence-electron chi connectivity index (χ1n) is 5.96. The topological polar surface area (TPSA) is 140 Å². The Balaban J connectivity index is 2.33. The van der Waals surface area contributed by atoms with Gasteiger partial charge < -0.3 is 19.2 Å². The minimum absolute atomic E-state index is 0.0269. The average molecular weight is 318 g/mol. The Bertz CT molecular complexity index is 679. The highest BCUT2D eigenvalue weighted by molar-refractivity contribution is 7.89. The van der Waals surface area contributed by atoms with Gasteiger partial charge in [-0.1, -0.05) is 0 Å². The van der Waals surface area contributed by atoms with Gasteiger partial charge in [0.25, 0.3) is 5.91 Å². The third kappa shape index (κ3) is 3.06. The van der Waals surface area contributed by atoms with E-state index in [4.69, 9.17) is 19.4 Å². The SMILES string of the molecule is Cc1oc(C(=O)N2CCOCC2C(=O)O)cc1S(N)(=O)=O. The van der Waals surface area contributed by atoms with Gasteiger partial charge >= 0.3 is 5.97 Å². The lowest BCUT2D eigenvalue weighted by Gasteiger charge is -2.32. The van der Waals surface area contributed by atoms with Crippen molar-refractivity contribution in [3.05, 3.63) is 17.6 Å². The van der Waals surface area contributed by atoms with Gasteiger partial charge in [-0.3, -0.25) is 4.79 Å². The smallest absolute Gasteiger partial charge is 0.328 e. The molecule has 2 heterocycles. The molecule has 9 nitrogen and oxygen atoms in total. The Morgan fingerprint density at radius 3 is 2.67 bits per heavy atom. The zero-order valence-electron chi connectivity index (χ0n) is 11.1. The zero-order valence-corrected chi connectivity index (χ0v) is 11.9. The summed E-state index contributed by atoms with van der Waals surface area (Å²) in [7, 11) is -4.01. The molecule has 3 N–H and O–H groups in total. The summed E-state index contributed by atoms with van der Waals surface area (Å²) in [5, 5.41) is 14.1. The summed E-state index contributed by atoms with van der Waals surface area (Å²) in [6, 6.07) is -0.143. The molecule has 10 heteroatoms. The summed E-state index contributed by atoms with van der Waals surface area (Å²) in [5.74, 6) is -2.23. The maximum atomic E-state index is 12.3. The Morgan fingerprint density at radius 2 is 2.14 bits per heavy atom. The number of furan rings is 1. The van der Waals surface area contributed by atoms with E-state index in [2.05, 4.69) is 0 Å². The highest BCUT2D eigenvalue weighted by Gasteiger charge is 2.35. The van der Waals surface area contributed by atoms with Crippen molar-refractivity contribution in [3.8, 4) is 0 Å². The van der Waals surface area contributed by atoms with Crippen LogP contribution >= 0.6 is 0 Å². The predicted molar refractivity (Wildman–Crippen MR) is 68.1 cm³/mol. The molecule has 1 aromatic heterocycles. The second kappa shape index (κ2) is 5.47. The molecule has 21 heavy (non-hydrogen) atoms. The number of aryl methyl sites for hydroxylation is 1. The molecule has 1 fully saturated rings. The van der Waals surface area contributed by atoms with Crippen molar-refractivity contribution < 1.29 is 32.3 Å². The Morgan fingerprint density at radius 1 is 1.48 bits per heavy atom. The first-order valence-corrected chi connectivity index (χ1v) is 7.51. The second-order valence-corrected chi connectivity index (χ2v) is 6.03. The van der Waals surface area contributed by atoms with Crippen LogP contribution in [-0.4, -0.2) is 56.1 Å². The Hall–Kier alpha value is -1.91. The number of ether oxygens (including phenoxy) is 1. The standard InChI is InChI=1S/C11H14N2O7S/c1-6-9(21(12,17)18)4-8(20-6)10(14)13-2-3-19-5-7(13)11(15)16/h4,7H,2-3,5H2,1H3,(H,15,16)(H2,12,17,18). The Labute approximate surface area is 120 Å². The van der Waals surface area contributed by atoms with Crippen molar-refractivity contribution >= 4 is 21.9 Å². The molecule has 116 valence electrons. The van der Waals surface area contributed by atoms with Crippen LogP contribution in [0.4, 0.5) is 0 Å². The van der Waals surface area contributed by atoms with E-state index in [-0.39, 0.29) is 36.2 Å². The largest absolute Gasteiger partial charge is 0.480 e. The van der Waals surface area contributed by atoms with E-state index >= 15 is 0 Å². The first kappa shape index (κ1) is 15.5. The lowest BCUT2D eigenvalue weighted by Crippen LogP contribution is -2.52. The molecule has 0 bridgehead atoms. The molecule has 0 aromatic carbocycles. The van der Waals surface area contributed by atoms with Crippen molar-refractivity contribution in [2.75, 3.05) is 19.8 Å². The van der Waals surface area contributed by atoms with E-state index < -0.39 is 27.9 Å². The molecule has 0 spiro atoms. The van der Waals surface area contributed by atoms with Crippen LogP contribution in [0.1, 0.15) is 16.3 Å². The van der Waals surface area contributed by atoms with E-state index in [0.29, 0.717) is 0 Å². The number of carboxylic acids is 1. The lowest BCUT2D eigenvalue weighted by atomic mass is 10.2. The van der Waals surface area contributed by atoms with Crippen LogP contribution in [-0.2, 0) is 19.6 Å². The van der Waals surface area contributed by atoms with Gasteiger partial charge in [0.15, 0.2) is 11.8 Å². The molecule has 1 aliphatic heterocycles. The summed E-state index contributed by atoms with van der Waals surface area (Å²) in [6.45, 7) is 1.48. The van der Waals surface area contributed by atoms with Gasteiger partial charge in [0.2, 0.25) is 10.0 Å². The second-order valence-electron chi connectivity index (χ2n) is 4.50. The minimum atomic E-state index is -4.01. The molecule has 1 saturated heterocycles. The van der Waals surface area contributed by atoms with Gasteiger partial charge in [-0.2, -0.15) is 0 Å². The molecule has 0 saturated carbocycles. The quantitative estimate of drug-likeness (QED) is 0.740. The fourth-order valence-corrected chi connectivity index (χ4v) is 2.76. The number of sulfonamides is 1. The third-order valence-corrected chi connectivity index (χ3v) is 4.08. The van der Waals surface area contributed by atoms with Crippen LogP contribution in [0, 0.1) is 6.92 Å². The normalized spacial score (nSPS) is 19.5. The number of carbonyl (C=O) groups is 2. The van der Waals surface area contributed by atoms with E-state index in [0.717, 1.165) is 11.0 Å². The fraction of sp³-hybridized carbons (Fsp3) is 0.455. The maximum Gasteiger partial charge on any atom is 0.328 e. The van der Waals surface area contributed by atoms with Gasteiger partial charge in [-0.25, -0.2) is 18.4 Å². The van der Waals surface area contributed by atoms with Gasteiger partial charge in [-0.15, -0.1) is 0 Å². The summed E-state index contributed by atoms with van der Waals surface area (Å²) in [4.78, 5) is 24.2. The van der Waals surface area contributed by atoms with E-state index in [9.17, 15) is 18.0 Å². The van der Waals surface area contributed by atoms with E-state index in [1.807, 2.05) is 0 Å². The van der Waals surface area contributed by atoms with Crippen LogP contribution in [0.15, 0.2) is 15.4 Å². The highest BCUT2D eigenvalue weighted by atomic mass is 32.2. The number of primary sulfonamides is 1. The van der Waals surface area contributed by atoms with Gasteiger partial charge in [-0.05, 0) is 6.92 Å². The van der Waals surface area contributed by atoms with Gasteiger partial charge in [0.05, 0.1) is 13.2 Å². The number of carbonyl (C=O) groups excluding carboxylic acids is 1. The molecule has 1 atom stereocenters.